The number of ether oxygens (including phenoxy) is 1. The highest BCUT2D eigenvalue weighted by Crippen LogP contribution is 2.33. The van der Waals surface area contributed by atoms with Crippen molar-refractivity contribution >= 4 is 41.7 Å². The number of thioether (sulfide) groups is 1. The highest BCUT2D eigenvalue weighted by molar-refractivity contribution is 14.0. The van der Waals surface area contributed by atoms with Crippen molar-refractivity contribution in [1.29, 1.82) is 0 Å². The Labute approximate surface area is 181 Å². The van der Waals surface area contributed by atoms with E-state index < -0.39 is 0 Å². The Morgan fingerprint density at radius 3 is 2.54 bits per heavy atom. The molecule has 2 aliphatic rings. The molecule has 0 bridgehead atoms. The first-order chi connectivity index (χ1) is 11.8. The Morgan fingerprint density at radius 2 is 2.00 bits per heavy atom. The Hall–Kier alpha value is 0.270. The number of morpholine rings is 1. The molecule has 0 radical (unpaired) electrons. The van der Waals surface area contributed by atoms with Crippen LogP contribution in [0.25, 0.3) is 0 Å². The Kier molecular flexibility index (Phi) is 10.6. The van der Waals surface area contributed by atoms with Gasteiger partial charge >= 0.3 is 0 Å². The molecule has 2 fully saturated rings. The largest absolute Gasteiger partial charge is 0.379 e. The van der Waals surface area contributed by atoms with Gasteiger partial charge in [-0.2, -0.15) is 11.8 Å². The zero-order valence-electron chi connectivity index (χ0n) is 17.3. The Balaban J connectivity index is 0.00000338. The van der Waals surface area contributed by atoms with Gasteiger partial charge in [0, 0.05) is 44.0 Å². The number of hydrogen-bond donors (Lipinski definition) is 2. The lowest BCUT2D eigenvalue weighted by Gasteiger charge is -2.43. The summed E-state index contributed by atoms with van der Waals surface area (Å²) < 4.78 is 5.55. The van der Waals surface area contributed by atoms with Gasteiger partial charge in [0.2, 0.25) is 0 Å². The van der Waals surface area contributed by atoms with Crippen LogP contribution in [0, 0.1) is 5.41 Å². The number of guanidine groups is 1. The molecule has 154 valence electrons. The van der Waals surface area contributed by atoms with E-state index in [4.69, 9.17) is 4.74 Å². The summed E-state index contributed by atoms with van der Waals surface area (Å²) in [6.45, 7) is 14.0. The minimum Gasteiger partial charge on any atom is -0.379 e. The molecule has 2 unspecified atom stereocenters. The van der Waals surface area contributed by atoms with Gasteiger partial charge in [0.1, 0.15) is 0 Å². The Bertz CT molecular complexity index is 430. The fraction of sp³-hybridized carbons (Fsp3) is 0.947. The second kappa shape index (κ2) is 11.3. The van der Waals surface area contributed by atoms with Gasteiger partial charge < -0.3 is 15.4 Å². The summed E-state index contributed by atoms with van der Waals surface area (Å²) in [7, 11) is 1.87. The van der Waals surface area contributed by atoms with Crippen LogP contribution in [0.4, 0.5) is 0 Å². The molecule has 2 atom stereocenters. The number of rotatable bonds is 6. The van der Waals surface area contributed by atoms with E-state index in [1.165, 1.54) is 24.3 Å². The molecule has 0 spiro atoms. The first-order valence-electron chi connectivity index (χ1n) is 9.72. The van der Waals surface area contributed by atoms with Crippen LogP contribution in [-0.4, -0.2) is 73.8 Å². The molecule has 7 heteroatoms. The minimum atomic E-state index is 0. The van der Waals surface area contributed by atoms with Gasteiger partial charge in [0.05, 0.1) is 13.2 Å². The van der Waals surface area contributed by atoms with E-state index in [2.05, 4.69) is 60.0 Å². The van der Waals surface area contributed by atoms with Crippen molar-refractivity contribution in [2.24, 2.45) is 10.4 Å². The van der Waals surface area contributed by atoms with Gasteiger partial charge in [-0.05, 0) is 37.4 Å². The van der Waals surface area contributed by atoms with E-state index in [0.717, 1.165) is 45.2 Å². The molecule has 2 rings (SSSR count). The standard InChI is InChI=1S/C19H38N4OS.HI/c1-16(6-7-18(2,3)4)22-17(20-5)21-14-19(8-13-25-15-19)23-9-11-24-12-10-23;/h16H,6-15H2,1-5H3,(H2,20,21,22);1H. The fourth-order valence-corrected chi connectivity index (χ4v) is 5.01. The first kappa shape index (κ1) is 24.3. The zero-order chi connectivity index (χ0) is 18.3. The van der Waals surface area contributed by atoms with E-state index >= 15 is 0 Å². The highest BCUT2D eigenvalue weighted by atomic mass is 127. The summed E-state index contributed by atoms with van der Waals surface area (Å²) >= 11 is 2.08. The second-order valence-corrected chi connectivity index (χ2v) is 9.80. The van der Waals surface area contributed by atoms with Crippen molar-refractivity contribution < 1.29 is 4.74 Å². The lowest BCUT2D eigenvalue weighted by Crippen LogP contribution is -2.60. The second-order valence-electron chi connectivity index (χ2n) is 8.70. The van der Waals surface area contributed by atoms with Crippen molar-refractivity contribution in [3.63, 3.8) is 0 Å². The van der Waals surface area contributed by atoms with Gasteiger partial charge in [-0.15, -0.1) is 24.0 Å². The number of aliphatic imine (C=N–C) groups is 1. The van der Waals surface area contributed by atoms with E-state index in [1.807, 2.05) is 7.05 Å². The molecule has 26 heavy (non-hydrogen) atoms. The smallest absolute Gasteiger partial charge is 0.191 e. The summed E-state index contributed by atoms with van der Waals surface area (Å²) in [5.74, 6) is 3.40. The molecular formula is C19H39IN4OS. The maximum atomic E-state index is 5.55. The van der Waals surface area contributed by atoms with Gasteiger partial charge in [-0.3, -0.25) is 9.89 Å². The first-order valence-corrected chi connectivity index (χ1v) is 10.9. The number of hydrogen-bond acceptors (Lipinski definition) is 4. The highest BCUT2D eigenvalue weighted by Gasteiger charge is 2.40. The average molecular weight is 499 g/mol. The molecule has 2 aliphatic heterocycles. The monoisotopic (exact) mass is 498 g/mol. The maximum Gasteiger partial charge on any atom is 0.191 e. The van der Waals surface area contributed by atoms with Gasteiger partial charge in [0.25, 0.3) is 0 Å². The lowest BCUT2D eigenvalue weighted by atomic mass is 9.89. The van der Waals surface area contributed by atoms with E-state index in [0.29, 0.717) is 11.5 Å². The van der Waals surface area contributed by atoms with Crippen molar-refractivity contribution in [1.82, 2.24) is 15.5 Å². The predicted octanol–water partition coefficient (Wildman–Crippen LogP) is 3.19. The molecule has 0 aromatic rings. The van der Waals surface area contributed by atoms with Crippen molar-refractivity contribution in [3.05, 3.63) is 0 Å². The molecule has 0 aliphatic carbocycles. The van der Waals surface area contributed by atoms with Crippen molar-refractivity contribution in [2.45, 2.75) is 58.5 Å². The van der Waals surface area contributed by atoms with Gasteiger partial charge in [0.15, 0.2) is 5.96 Å². The van der Waals surface area contributed by atoms with E-state index in [9.17, 15) is 0 Å². The van der Waals surface area contributed by atoms with Crippen molar-refractivity contribution in [2.75, 3.05) is 51.4 Å². The maximum absolute atomic E-state index is 5.55. The molecule has 5 nitrogen and oxygen atoms in total. The van der Waals surface area contributed by atoms with Crippen LogP contribution < -0.4 is 10.6 Å². The SMILES string of the molecule is CN=C(NCC1(N2CCOCC2)CCSC1)NC(C)CCC(C)(C)C.I. The van der Waals surface area contributed by atoms with E-state index in [1.54, 1.807) is 0 Å². The molecule has 0 saturated carbocycles. The number of halogens is 1. The van der Waals surface area contributed by atoms with Crippen LogP contribution in [0.15, 0.2) is 4.99 Å². The van der Waals surface area contributed by atoms with Crippen LogP contribution in [0.5, 0.6) is 0 Å². The third-order valence-electron chi connectivity index (χ3n) is 5.28. The van der Waals surface area contributed by atoms with Crippen LogP contribution in [0.1, 0.15) is 47.0 Å². The van der Waals surface area contributed by atoms with E-state index in [-0.39, 0.29) is 29.5 Å². The molecule has 0 aromatic carbocycles. The molecule has 2 N–H and O–H groups in total. The topological polar surface area (TPSA) is 48.9 Å². The molecule has 2 heterocycles. The van der Waals surface area contributed by atoms with Crippen LogP contribution in [0.2, 0.25) is 0 Å². The van der Waals surface area contributed by atoms with Crippen LogP contribution >= 0.6 is 35.7 Å². The normalized spacial score (nSPS) is 26.3. The van der Waals surface area contributed by atoms with Crippen LogP contribution in [0.3, 0.4) is 0 Å². The summed E-state index contributed by atoms with van der Waals surface area (Å²) in [5, 5.41) is 7.19. The number of nitrogens with one attached hydrogen (secondary N) is 2. The fourth-order valence-electron chi connectivity index (χ4n) is 3.53. The van der Waals surface area contributed by atoms with Crippen LogP contribution in [-0.2, 0) is 4.74 Å². The average Bonchev–Trinajstić information content (AvgIpc) is 3.07. The van der Waals surface area contributed by atoms with Gasteiger partial charge in [-0.1, -0.05) is 20.8 Å². The summed E-state index contributed by atoms with van der Waals surface area (Å²) in [6, 6.07) is 0.433. The minimum absolute atomic E-state index is 0. The molecule has 0 amide bonds. The summed E-state index contributed by atoms with van der Waals surface area (Å²) in [4.78, 5) is 7.09. The summed E-state index contributed by atoms with van der Waals surface area (Å²) in [5.41, 5.74) is 0.634. The molecule has 0 aromatic heterocycles. The quantitative estimate of drug-likeness (QED) is 0.335. The lowest BCUT2D eigenvalue weighted by molar-refractivity contribution is -0.0120. The Morgan fingerprint density at radius 1 is 1.31 bits per heavy atom. The van der Waals surface area contributed by atoms with Gasteiger partial charge in [-0.25, -0.2) is 0 Å². The summed E-state index contributed by atoms with van der Waals surface area (Å²) in [6.07, 6.45) is 3.63. The molecule has 2 saturated heterocycles. The number of nitrogens with zero attached hydrogens (tertiary/aromatic N) is 2. The predicted molar refractivity (Wildman–Crippen MR) is 125 cm³/mol. The molecular weight excluding hydrogens is 459 g/mol. The third kappa shape index (κ3) is 7.72. The van der Waals surface area contributed by atoms with Crippen molar-refractivity contribution in [3.8, 4) is 0 Å². The zero-order valence-corrected chi connectivity index (χ0v) is 20.4. The third-order valence-corrected chi connectivity index (χ3v) is 6.52.